The molecule has 0 unspecified atom stereocenters. The second-order valence-corrected chi connectivity index (χ2v) is 8.46. The van der Waals surface area contributed by atoms with Crippen LogP contribution in [0.3, 0.4) is 0 Å². The lowest BCUT2D eigenvalue weighted by molar-refractivity contribution is 0.313. The van der Waals surface area contributed by atoms with E-state index in [0.29, 0.717) is 0 Å². The number of nitrogens with zero attached hydrogens (tertiary/aromatic N) is 5. The van der Waals surface area contributed by atoms with Crippen molar-refractivity contribution in [2.24, 2.45) is 4.99 Å². The maximum absolute atomic E-state index is 4.87. The lowest BCUT2D eigenvalue weighted by atomic mass is 10.1. The number of piperazine rings is 1. The van der Waals surface area contributed by atoms with Crippen LogP contribution in [0.2, 0.25) is 0 Å². The number of nitrogens with one attached hydrogen (secondary N) is 2. The van der Waals surface area contributed by atoms with Crippen LogP contribution in [-0.2, 0) is 0 Å². The van der Waals surface area contributed by atoms with Crippen LogP contribution >= 0.6 is 0 Å². The monoisotopic (exact) mass is 427 g/mol. The number of hydrogen-bond donors (Lipinski definition) is 2. The van der Waals surface area contributed by atoms with Gasteiger partial charge in [0.25, 0.3) is 0 Å². The molecule has 7 heteroatoms. The minimum absolute atomic E-state index is 0.780. The van der Waals surface area contributed by atoms with Gasteiger partial charge in [-0.25, -0.2) is 9.97 Å². The molecule has 2 N–H and O–H groups in total. The summed E-state index contributed by atoms with van der Waals surface area (Å²) in [6, 6.07) is 10.8. The Morgan fingerprint density at radius 1 is 1.03 bits per heavy atom. The Labute approximate surface area is 187 Å². The average Bonchev–Trinajstić information content (AvgIpc) is 3.42. The predicted octanol–water partition coefficient (Wildman–Crippen LogP) is 4.16. The number of anilines is 1. The van der Waals surface area contributed by atoms with Gasteiger partial charge in [0.05, 0.1) is 27.8 Å². The molecule has 0 saturated carbocycles. The van der Waals surface area contributed by atoms with E-state index < -0.39 is 0 Å². The van der Waals surface area contributed by atoms with Crippen LogP contribution in [0, 0.1) is 6.92 Å². The van der Waals surface area contributed by atoms with Crippen molar-refractivity contribution in [3.63, 3.8) is 0 Å². The molecule has 2 aromatic carbocycles. The fourth-order valence-corrected chi connectivity index (χ4v) is 4.36. The molecular formula is C25H29N7. The number of imidazole rings is 2. The SMILES string of the molecule is C/C=C\C(=NC)c1nc2c(C)cc(-c3nc4ccc(N5CCN(C)CC5)cc4[nH]3)cc2[nH]1. The minimum Gasteiger partial charge on any atom is -0.369 e. The fourth-order valence-electron chi connectivity index (χ4n) is 4.36. The molecule has 0 atom stereocenters. The van der Waals surface area contributed by atoms with Crippen molar-refractivity contribution in [2.75, 3.05) is 45.2 Å². The highest BCUT2D eigenvalue weighted by Crippen LogP contribution is 2.28. The first-order valence-corrected chi connectivity index (χ1v) is 11.1. The van der Waals surface area contributed by atoms with Gasteiger partial charge in [-0.2, -0.15) is 0 Å². The molecule has 2 aromatic heterocycles. The first-order chi connectivity index (χ1) is 15.6. The standard InChI is InChI=1S/C25H29N7/c1-5-6-20(26-3)25-29-22-14-17(13-16(2)23(22)30-25)24-27-19-8-7-18(15-21(19)28-24)32-11-9-31(4)10-12-32/h5-8,13-15H,9-12H2,1-4H3,(H,27,28)(H,29,30)/b6-5-,26-20?. The average molecular weight is 428 g/mol. The smallest absolute Gasteiger partial charge is 0.156 e. The molecule has 4 aromatic rings. The van der Waals surface area contributed by atoms with Gasteiger partial charge in [-0.05, 0) is 62.9 Å². The van der Waals surface area contributed by atoms with E-state index in [1.54, 1.807) is 7.05 Å². The lowest BCUT2D eigenvalue weighted by Crippen LogP contribution is -2.44. The van der Waals surface area contributed by atoms with E-state index in [4.69, 9.17) is 9.97 Å². The van der Waals surface area contributed by atoms with E-state index in [-0.39, 0.29) is 0 Å². The van der Waals surface area contributed by atoms with Crippen LogP contribution in [0.5, 0.6) is 0 Å². The summed E-state index contributed by atoms with van der Waals surface area (Å²) in [5, 5.41) is 0. The van der Waals surface area contributed by atoms with Crippen molar-refractivity contribution < 1.29 is 0 Å². The van der Waals surface area contributed by atoms with E-state index in [0.717, 1.165) is 76.7 Å². The van der Waals surface area contributed by atoms with Crippen LogP contribution in [0.25, 0.3) is 33.5 Å². The molecule has 0 amide bonds. The summed E-state index contributed by atoms with van der Waals surface area (Å²) in [4.78, 5) is 25.8. The number of hydrogen-bond acceptors (Lipinski definition) is 5. The zero-order valence-electron chi connectivity index (χ0n) is 19.1. The summed E-state index contributed by atoms with van der Waals surface area (Å²) in [6.45, 7) is 8.36. The van der Waals surface area contributed by atoms with Crippen molar-refractivity contribution in [3.05, 3.63) is 53.9 Å². The Hall–Kier alpha value is -3.45. The predicted molar refractivity (Wildman–Crippen MR) is 133 cm³/mol. The van der Waals surface area contributed by atoms with Gasteiger partial charge >= 0.3 is 0 Å². The van der Waals surface area contributed by atoms with E-state index in [1.165, 1.54) is 5.69 Å². The Morgan fingerprint density at radius 2 is 1.84 bits per heavy atom. The number of likely N-dealkylation sites (N-methyl/N-ethyl adjacent to an activating group) is 1. The van der Waals surface area contributed by atoms with Gasteiger partial charge < -0.3 is 19.8 Å². The number of aliphatic imine (C=N–C) groups is 1. The van der Waals surface area contributed by atoms with Crippen LogP contribution in [-0.4, -0.2) is 70.8 Å². The summed E-state index contributed by atoms with van der Waals surface area (Å²) in [5.41, 5.74) is 8.23. The van der Waals surface area contributed by atoms with Gasteiger partial charge in [-0.1, -0.05) is 6.08 Å². The molecular weight excluding hydrogens is 398 g/mol. The molecule has 5 rings (SSSR count). The van der Waals surface area contributed by atoms with Gasteiger partial charge in [-0.15, -0.1) is 0 Å². The zero-order chi connectivity index (χ0) is 22.2. The molecule has 7 nitrogen and oxygen atoms in total. The summed E-state index contributed by atoms with van der Waals surface area (Å²) in [7, 11) is 3.96. The molecule has 0 aliphatic carbocycles. The van der Waals surface area contributed by atoms with Crippen LogP contribution in [0.1, 0.15) is 18.3 Å². The molecule has 1 fully saturated rings. The zero-order valence-corrected chi connectivity index (χ0v) is 19.1. The molecule has 3 heterocycles. The third kappa shape index (κ3) is 3.69. The minimum atomic E-state index is 0.780. The van der Waals surface area contributed by atoms with Crippen LogP contribution < -0.4 is 4.90 Å². The second kappa shape index (κ2) is 8.24. The molecule has 32 heavy (non-hydrogen) atoms. The molecule has 1 aliphatic rings. The Kier molecular flexibility index (Phi) is 5.27. The quantitative estimate of drug-likeness (QED) is 0.480. The van der Waals surface area contributed by atoms with Gasteiger partial charge in [0, 0.05) is 44.5 Å². The first-order valence-electron chi connectivity index (χ1n) is 11.1. The number of allylic oxidation sites excluding steroid dienone is 2. The topological polar surface area (TPSA) is 76.2 Å². The van der Waals surface area contributed by atoms with E-state index in [2.05, 4.69) is 69.1 Å². The van der Waals surface area contributed by atoms with Crippen molar-refractivity contribution in [3.8, 4) is 11.4 Å². The van der Waals surface area contributed by atoms with Gasteiger partial charge in [0.15, 0.2) is 5.82 Å². The highest BCUT2D eigenvalue weighted by atomic mass is 15.2. The molecule has 1 saturated heterocycles. The van der Waals surface area contributed by atoms with Gasteiger partial charge in [0.2, 0.25) is 0 Å². The van der Waals surface area contributed by atoms with Crippen LogP contribution in [0.4, 0.5) is 5.69 Å². The van der Waals surface area contributed by atoms with Crippen LogP contribution in [0.15, 0.2) is 47.5 Å². The highest BCUT2D eigenvalue weighted by Gasteiger charge is 2.16. The number of aromatic amines is 2. The molecule has 0 radical (unpaired) electrons. The summed E-state index contributed by atoms with van der Waals surface area (Å²) >= 11 is 0. The third-order valence-electron chi connectivity index (χ3n) is 6.19. The molecule has 0 bridgehead atoms. The number of benzene rings is 2. The number of aromatic nitrogens is 4. The normalized spacial score (nSPS) is 16.1. The van der Waals surface area contributed by atoms with Crippen molar-refractivity contribution in [2.45, 2.75) is 13.8 Å². The summed E-state index contributed by atoms with van der Waals surface area (Å²) in [6.07, 6.45) is 3.93. The maximum atomic E-state index is 4.87. The maximum Gasteiger partial charge on any atom is 0.156 e. The first kappa shape index (κ1) is 20.5. The Bertz CT molecular complexity index is 1330. The van der Waals surface area contributed by atoms with Crippen molar-refractivity contribution in [1.29, 1.82) is 0 Å². The van der Waals surface area contributed by atoms with Gasteiger partial charge in [0.1, 0.15) is 5.82 Å². The van der Waals surface area contributed by atoms with E-state index >= 15 is 0 Å². The second-order valence-electron chi connectivity index (χ2n) is 8.46. The molecule has 0 spiro atoms. The highest BCUT2D eigenvalue weighted by molar-refractivity contribution is 6.07. The Balaban J connectivity index is 1.51. The van der Waals surface area contributed by atoms with Crippen molar-refractivity contribution in [1.82, 2.24) is 24.8 Å². The summed E-state index contributed by atoms with van der Waals surface area (Å²) < 4.78 is 0. The largest absolute Gasteiger partial charge is 0.369 e. The number of H-pyrrole nitrogens is 2. The molecule has 164 valence electrons. The van der Waals surface area contributed by atoms with E-state index in [1.807, 2.05) is 19.1 Å². The van der Waals surface area contributed by atoms with Gasteiger partial charge in [-0.3, -0.25) is 4.99 Å². The lowest BCUT2D eigenvalue weighted by Gasteiger charge is -2.34. The summed E-state index contributed by atoms with van der Waals surface area (Å²) in [5.74, 6) is 1.65. The number of rotatable bonds is 4. The number of aryl methyl sites for hydroxylation is 1. The Morgan fingerprint density at radius 3 is 2.59 bits per heavy atom. The third-order valence-corrected chi connectivity index (χ3v) is 6.19. The van der Waals surface area contributed by atoms with Crippen molar-refractivity contribution >= 4 is 33.5 Å². The fraction of sp³-hybridized carbons (Fsp3) is 0.320. The van der Waals surface area contributed by atoms with E-state index in [9.17, 15) is 0 Å². The number of fused-ring (bicyclic) bond motifs is 2. The molecule has 1 aliphatic heterocycles.